The first-order chi connectivity index (χ1) is 9.16. The summed E-state index contributed by atoms with van der Waals surface area (Å²) in [4.78, 5) is 0. The molecular formula is C18H37N. The maximum Gasteiger partial charge on any atom is 0.0186 e. The van der Waals surface area contributed by atoms with Crippen molar-refractivity contribution in [2.75, 3.05) is 0 Å². The lowest BCUT2D eigenvalue weighted by Gasteiger charge is -2.44. The van der Waals surface area contributed by atoms with E-state index < -0.39 is 0 Å². The van der Waals surface area contributed by atoms with Crippen LogP contribution in [0.4, 0.5) is 0 Å². The van der Waals surface area contributed by atoms with Gasteiger partial charge in [-0.05, 0) is 38.5 Å². The fraction of sp³-hybridized carbons (Fsp3) is 1.00. The summed E-state index contributed by atoms with van der Waals surface area (Å²) in [6.45, 7) is 9.41. The average molecular weight is 268 g/mol. The SMILES string of the molecule is CCCC1(CCC)CCCCC(CCC)(CCC)N1. The molecule has 114 valence electrons. The number of hydrogen-bond donors (Lipinski definition) is 1. The van der Waals surface area contributed by atoms with Crippen LogP contribution in [0.1, 0.15) is 105 Å². The molecule has 0 aromatic carbocycles. The molecule has 0 aliphatic carbocycles. The lowest BCUT2D eigenvalue weighted by Crippen LogP contribution is -2.57. The maximum absolute atomic E-state index is 4.25. The Bertz CT molecular complexity index is 198. The van der Waals surface area contributed by atoms with Gasteiger partial charge in [-0.2, -0.15) is 0 Å². The molecule has 1 aliphatic heterocycles. The van der Waals surface area contributed by atoms with Crippen LogP contribution in [0.25, 0.3) is 0 Å². The van der Waals surface area contributed by atoms with Crippen molar-refractivity contribution in [1.29, 1.82) is 0 Å². The van der Waals surface area contributed by atoms with Gasteiger partial charge in [-0.15, -0.1) is 0 Å². The molecule has 1 fully saturated rings. The molecule has 0 aromatic rings. The van der Waals surface area contributed by atoms with Gasteiger partial charge in [-0.25, -0.2) is 0 Å². The topological polar surface area (TPSA) is 12.0 Å². The summed E-state index contributed by atoms with van der Waals surface area (Å²) in [5, 5.41) is 4.25. The molecule has 1 nitrogen and oxygen atoms in total. The molecule has 0 amide bonds. The van der Waals surface area contributed by atoms with E-state index in [-0.39, 0.29) is 0 Å². The molecule has 1 heterocycles. The van der Waals surface area contributed by atoms with Crippen molar-refractivity contribution in [3.63, 3.8) is 0 Å². The first kappa shape index (κ1) is 17.0. The molecule has 0 saturated carbocycles. The van der Waals surface area contributed by atoms with E-state index in [1.54, 1.807) is 0 Å². The normalized spacial score (nSPS) is 22.1. The first-order valence-electron chi connectivity index (χ1n) is 8.95. The highest BCUT2D eigenvalue weighted by molar-refractivity contribution is 5.00. The van der Waals surface area contributed by atoms with Crippen LogP contribution in [-0.2, 0) is 0 Å². The Morgan fingerprint density at radius 1 is 0.632 bits per heavy atom. The lowest BCUT2D eigenvalue weighted by molar-refractivity contribution is 0.158. The molecule has 0 bridgehead atoms. The largest absolute Gasteiger partial charge is 0.306 e. The third-order valence-electron chi connectivity index (χ3n) is 5.01. The minimum Gasteiger partial charge on any atom is -0.306 e. The Balaban J connectivity index is 2.91. The summed E-state index contributed by atoms with van der Waals surface area (Å²) in [6, 6.07) is 0. The van der Waals surface area contributed by atoms with Crippen LogP contribution in [0.5, 0.6) is 0 Å². The molecule has 1 saturated heterocycles. The van der Waals surface area contributed by atoms with E-state index in [9.17, 15) is 0 Å². The van der Waals surface area contributed by atoms with Crippen LogP contribution in [0.2, 0.25) is 0 Å². The Morgan fingerprint density at radius 2 is 0.947 bits per heavy atom. The van der Waals surface area contributed by atoms with E-state index in [4.69, 9.17) is 0 Å². The van der Waals surface area contributed by atoms with E-state index in [1.165, 1.54) is 77.0 Å². The Labute approximate surface area is 121 Å². The van der Waals surface area contributed by atoms with Crippen molar-refractivity contribution in [3.8, 4) is 0 Å². The summed E-state index contributed by atoms with van der Waals surface area (Å²) in [7, 11) is 0. The minimum absolute atomic E-state index is 0.449. The maximum atomic E-state index is 4.25. The summed E-state index contributed by atoms with van der Waals surface area (Å²) in [5.74, 6) is 0. The smallest absolute Gasteiger partial charge is 0.0186 e. The molecule has 1 heteroatoms. The Hall–Kier alpha value is -0.0400. The number of nitrogens with one attached hydrogen (secondary N) is 1. The molecule has 0 spiro atoms. The number of hydrogen-bond acceptors (Lipinski definition) is 1. The van der Waals surface area contributed by atoms with Gasteiger partial charge in [0.05, 0.1) is 0 Å². The standard InChI is InChI=1S/C18H37N/c1-5-11-17(12-6-2)15-9-10-16-18(19-17,13-7-3)14-8-4/h19H,5-16H2,1-4H3. The second kappa shape index (κ2) is 8.29. The van der Waals surface area contributed by atoms with Crippen molar-refractivity contribution in [2.24, 2.45) is 0 Å². The number of rotatable bonds is 8. The zero-order chi connectivity index (χ0) is 14.2. The summed E-state index contributed by atoms with van der Waals surface area (Å²) < 4.78 is 0. The zero-order valence-electron chi connectivity index (χ0n) is 14.0. The fourth-order valence-electron chi connectivity index (χ4n) is 4.53. The van der Waals surface area contributed by atoms with Crippen LogP contribution in [-0.4, -0.2) is 11.1 Å². The van der Waals surface area contributed by atoms with Crippen LogP contribution in [0.15, 0.2) is 0 Å². The van der Waals surface area contributed by atoms with Crippen molar-refractivity contribution >= 4 is 0 Å². The molecule has 0 aromatic heterocycles. The van der Waals surface area contributed by atoms with E-state index >= 15 is 0 Å². The van der Waals surface area contributed by atoms with Gasteiger partial charge in [0.15, 0.2) is 0 Å². The van der Waals surface area contributed by atoms with Crippen LogP contribution in [0.3, 0.4) is 0 Å². The predicted molar refractivity (Wildman–Crippen MR) is 86.7 cm³/mol. The quantitative estimate of drug-likeness (QED) is 0.583. The summed E-state index contributed by atoms with van der Waals surface area (Å²) in [5.41, 5.74) is 0.898. The van der Waals surface area contributed by atoms with E-state index in [0.717, 1.165) is 0 Å². The zero-order valence-corrected chi connectivity index (χ0v) is 14.0. The highest BCUT2D eigenvalue weighted by atomic mass is 15.1. The highest BCUT2D eigenvalue weighted by Gasteiger charge is 2.39. The molecule has 0 unspecified atom stereocenters. The van der Waals surface area contributed by atoms with Gasteiger partial charge in [0.25, 0.3) is 0 Å². The van der Waals surface area contributed by atoms with E-state index in [1.807, 2.05) is 0 Å². The van der Waals surface area contributed by atoms with Crippen molar-refractivity contribution in [1.82, 2.24) is 5.32 Å². The average Bonchev–Trinajstić information content (AvgIpc) is 2.52. The monoisotopic (exact) mass is 267 g/mol. The van der Waals surface area contributed by atoms with Crippen LogP contribution in [0, 0.1) is 0 Å². The molecule has 19 heavy (non-hydrogen) atoms. The van der Waals surface area contributed by atoms with Crippen LogP contribution >= 0.6 is 0 Å². The third kappa shape index (κ3) is 4.77. The minimum atomic E-state index is 0.449. The predicted octanol–water partition coefficient (Wildman–Crippen LogP) is 5.83. The molecule has 1 aliphatic rings. The second-order valence-electron chi connectivity index (χ2n) is 6.89. The molecule has 0 radical (unpaired) electrons. The van der Waals surface area contributed by atoms with Crippen molar-refractivity contribution < 1.29 is 0 Å². The Kier molecular flexibility index (Phi) is 7.42. The van der Waals surface area contributed by atoms with Gasteiger partial charge in [0.1, 0.15) is 0 Å². The van der Waals surface area contributed by atoms with E-state index in [2.05, 4.69) is 33.0 Å². The van der Waals surface area contributed by atoms with Crippen molar-refractivity contribution in [3.05, 3.63) is 0 Å². The summed E-state index contributed by atoms with van der Waals surface area (Å²) >= 11 is 0. The lowest BCUT2D eigenvalue weighted by atomic mass is 9.80. The van der Waals surface area contributed by atoms with Crippen LogP contribution < -0.4 is 5.32 Å². The van der Waals surface area contributed by atoms with Gasteiger partial charge in [-0.1, -0.05) is 66.2 Å². The van der Waals surface area contributed by atoms with Crippen molar-refractivity contribution in [2.45, 2.75) is 116 Å². The molecule has 1 N–H and O–H groups in total. The van der Waals surface area contributed by atoms with Gasteiger partial charge in [0, 0.05) is 11.1 Å². The second-order valence-corrected chi connectivity index (χ2v) is 6.89. The highest BCUT2D eigenvalue weighted by Crippen LogP contribution is 2.38. The summed E-state index contributed by atoms with van der Waals surface area (Å²) in [6.07, 6.45) is 16.4. The van der Waals surface area contributed by atoms with E-state index in [0.29, 0.717) is 11.1 Å². The van der Waals surface area contributed by atoms with Gasteiger partial charge >= 0.3 is 0 Å². The Morgan fingerprint density at radius 3 is 1.21 bits per heavy atom. The van der Waals surface area contributed by atoms with Gasteiger partial charge in [-0.3, -0.25) is 0 Å². The van der Waals surface area contributed by atoms with Gasteiger partial charge < -0.3 is 5.32 Å². The van der Waals surface area contributed by atoms with Gasteiger partial charge in [0.2, 0.25) is 0 Å². The molecular weight excluding hydrogens is 230 g/mol. The third-order valence-corrected chi connectivity index (χ3v) is 5.01. The fourth-order valence-corrected chi connectivity index (χ4v) is 4.53. The molecule has 1 rings (SSSR count). The first-order valence-corrected chi connectivity index (χ1v) is 8.95. The molecule has 0 atom stereocenters.